The summed E-state index contributed by atoms with van der Waals surface area (Å²) in [7, 11) is -3.48. The van der Waals surface area contributed by atoms with Gasteiger partial charge in [0.1, 0.15) is 0 Å². The van der Waals surface area contributed by atoms with Crippen LogP contribution >= 0.6 is 34.2 Å². The second-order valence-corrected chi connectivity index (χ2v) is 9.44. The number of benzene rings is 2. The molecule has 5 nitrogen and oxygen atoms in total. The number of halogens is 2. The molecule has 0 saturated carbocycles. The third kappa shape index (κ3) is 5.85. The van der Waals surface area contributed by atoms with Crippen molar-refractivity contribution in [3.05, 3.63) is 56.6 Å². The molecule has 0 saturated heterocycles. The van der Waals surface area contributed by atoms with Gasteiger partial charge in [-0.25, -0.2) is 8.42 Å². The quantitative estimate of drug-likeness (QED) is 0.565. The van der Waals surface area contributed by atoms with Crippen LogP contribution in [0.25, 0.3) is 0 Å². The molecule has 0 spiro atoms. The van der Waals surface area contributed by atoms with Crippen LogP contribution in [0.15, 0.2) is 42.5 Å². The van der Waals surface area contributed by atoms with Crippen molar-refractivity contribution in [2.24, 2.45) is 0 Å². The minimum Gasteiger partial charge on any atom is -0.326 e. The number of sulfonamides is 1. The lowest BCUT2D eigenvalue weighted by Gasteiger charge is -2.24. The number of nitrogens with zero attached hydrogens (tertiary/aromatic N) is 1. The number of amides is 1. The van der Waals surface area contributed by atoms with Gasteiger partial charge >= 0.3 is 0 Å². The highest BCUT2D eigenvalue weighted by molar-refractivity contribution is 14.1. The highest BCUT2D eigenvalue weighted by atomic mass is 127. The molecule has 2 rings (SSSR count). The summed E-state index contributed by atoms with van der Waals surface area (Å²) in [4.78, 5) is 12.1. The van der Waals surface area contributed by atoms with Crippen LogP contribution in [0.5, 0.6) is 0 Å². The normalized spacial score (nSPS) is 11.2. The molecule has 0 unspecified atom stereocenters. The lowest BCUT2D eigenvalue weighted by Crippen LogP contribution is -2.32. The molecule has 2 aromatic carbocycles. The largest absolute Gasteiger partial charge is 0.326 e. The van der Waals surface area contributed by atoms with E-state index in [9.17, 15) is 13.2 Å². The monoisotopic (exact) mass is 506 g/mol. The smallest absolute Gasteiger partial charge is 0.232 e. The zero-order valence-electron chi connectivity index (χ0n) is 14.5. The molecule has 0 aliphatic rings. The molecule has 0 aromatic heterocycles. The molecular formula is C18H20ClIN2O3S. The van der Waals surface area contributed by atoms with Crippen LogP contribution in [0.3, 0.4) is 0 Å². The summed E-state index contributed by atoms with van der Waals surface area (Å²) in [5.41, 5.74) is 1.96. The van der Waals surface area contributed by atoms with Gasteiger partial charge in [-0.3, -0.25) is 9.10 Å². The predicted molar refractivity (Wildman–Crippen MR) is 115 cm³/mol. The second-order valence-electron chi connectivity index (χ2n) is 5.88. The van der Waals surface area contributed by atoms with Crippen molar-refractivity contribution in [1.82, 2.24) is 0 Å². The summed E-state index contributed by atoms with van der Waals surface area (Å²) in [5.74, 6) is -0.150. The van der Waals surface area contributed by atoms with Crippen LogP contribution in [-0.2, 0) is 14.8 Å². The molecule has 8 heteroatoms. The van der Waals surface area contributed by atoms with E-state index in [-0.39, 0.29) is 18.9 Å². The predicted octanol–water partition coefficient (Wildman–Crippen LogP) is 4.44. The van der Waals surface area contributed by atoms with Gasteiger partial charge in [0.15, 0.2) is 0 Å². The summed E-state index contributed by atoms with van der Waals surface area (Å²) < 4.78 is 26.7. The van der Waals surface area contributed by atoms with Gasteiger partial charge in [-0.2, -0.15) is 0 Å². The Kier molecular flexibility index (Phi) is 7.31. The van der Waals surface area contributed by atoms with Gasteiger partial charge in [0.2, 0.25) is 15.9 Å². The first-order valence-electron chi connectivity index (χ1n) is 7.97. The molecule has 2 aromatic rings. The van der Waals surface area contributed by atoms with E-state index in [1.54, 1.807) is 25.1 Å². The van der Waals surface area contributed by atoms with Crippen molar-refractivity contribution >= 4 is 61.5 Å². The van der Waals surface area contributed by atoms with Crippen molar-refractivity contribution < 1.29 is 13.2 Å². The molecule has 0 bridgehead atoms. The van der Waals surface area contributed by atoms with Crippen LogP contribution < -0.4 is 9.62 Å². The van der Waals surface area contributed by atoms with E-state index in [4.69, 9.17) is 11.6 Å². The van der Waals surface area contributed by atoms with Gasteiger partial charge in [-0.15, -0.1) is 0 Å². The zero-order valence-corrected chi connectivity index (χ0v) is 18.2. The van der Waals surface area contributed by atoms with Crippen LogP contribution in [0, 0.1) is 10.5 Å². The lowest BCUT2D eigenvalue weighted by atomic mass is 10.2. The summed E-state index contributed by atoms with van der Waals surface area (Å²) in [6, 6.07) is 12.6. The van der Waals surface area contributed by atoms with Crippen molar-refractivity contribution in [1.29, 1.82) is 0 Å². The van der Waals surface area contributed by atoms with E-state index in [0.717, 1.165) is 15.5 Å². The Labute approximate surface area is 172 Å². The van der Waals surface area contributed by atoms with Crippen LogP contribution in [0.1, 0.15) is 18.4 Å². The maximum Gasteiger partial charge on any atom is 0.232 e. The molecule has 0 atom stereocenters. The van der Waals surface area contributed by atoms with Crippen molar-refractivity contribution in [2.45, 2.75) is 19.8 Å². The number of carbonyl (C=O) groups excluding carboxylic acids is 1. The number of hydrogen-bond donors (Lipinski definition) is 1. The Bertz CT molecular complexity index is 886. The summed E-state index contributed by atoms with van der Waals surface area (Å²) in [6.07, 6.45) is 1.77. The van der Waals surface area contributed by atoms with E-state index in [0.29, 0.717) is 22.7 Å². The molecule has 0 radical (unpaired) electrons. The van der Waals surface area contributed by atoms with Gasteiger partial charge in [-0.1, -0.05) is 17.7 Å². The summed E-state index contributed by atoms with van der Waals surface area (Å²) >= 11 is 8.30. The molecule has 0 aliphatic heterocycles. The van der Waals surface area contributed by atoms with E-state index in [1.807, 2.05) is 24.3 Å². The first kappa shape index (κ1) is 21.0. The molecule has 0 heterocycles. The number of anilines is 2. The SMILES string of the molecule is Cc1c(Cl)cccc1N(CCCC(=O)Nc1ccc(I)cc1)S(C)(=O)=O. The van der Waals surface area contributed by atoms with E-state index in [1.165, 1.54) is 4.31 Å². The van der Waals surface area contributed by atoms with Crippen molar-refractivity contribution in [2.75, 3.05) is 22.4 Å². The first-order valence-corrected chi connectivity index (χ1v) is 11.3. The van der Waals surface area contributed by atoms with Crippen LogP contribution in [0.2, 0.25) is 5.02 Å². The molecule has 0 fully saturated rings. The summed E-state index contributed by atoms with van der Waals surface area (Å²) in [5, 5.41) is 3.32. The van der Waals surface area contributed by atoms with Crippen molar-refractivity contribution in [3.8, 4) is 0 Å². The molecular weight excluding hydrogens is 487 g/mol. The third-order valence-electron chi connectivity index (χ3n) is 3.80. The average Bonchev–Trinajstić information content (AvgIpc) is 2.56. The zero-order chi connectivity index (χ0) is 19.3. The molecule has 0 aliphatic carbocycles. The molecule has 1 N–H and O–H groups in total. The van der Waals surface area contributed by atoms with E-state index < -0.39 is 10.0 Å². The lowest BCUT2D eigenvalue weighted by molar-refractivity contribution is -0.116. The van der Waals surface area contributed by atoms with Gasteiger partial charge in [0.05, 0.1) is 11.9 Å². The molecule has 1 amide bonds. The minimum absolute atomic E-state index is 0.150. The number of hydrogen-bond acceptors (Lipinski definition) is 3. The third-order valence-corrected chi connectivity index (χ3v) is 6.11. The van der Waals surface area contributed by atoms with Gasteiger partial charge in [0, 0.05) is 27.2 Å². The Morgan fingerprint density at radius 2 is 1.85 bits per heavy atom. The second kappa shape index (κ2) is 9.05. The van der Waals surface area contributed by atoms with Crippen LogP contribution in [-0.4, -0.2) is 27.1 Å². The Balaban J connectivity index is 2.01. The average molecular weight is 507 g/mol. The fraction of sp³-hybridized carbons (Fsp3) is 0.278. The van der Waals surface area contributed by atoms with Crippen LogP contribution in [0.4, 0.5) is 11.4 Å². The van der Waals surface area contributed by atoms with Gasteiger partial charge in [-0.05, 0) is 77.9 Å². The maximum atomic E-state index is 12.2. The standard InChI is InChI=1S/C18H20ClIN2O3S/c1-13-16(19)5-3-6-17(13)22(26(2,24)25)12-4-7-18(23)21-15-10-8-14(20)9-11-15/h3,5-6,8-11H,4,7,12H2,1-2H3,(H,21,23). The maximum absolute atomic E-state index is 12.2. The minimum atomic E-state index is -3.48. The van der Waals surface area contributed by atoms with Crippen molar-refractivity contribution in [3.63, 3.8) is 0 Å². The Hall–Kier alpha value is -1.32. The highest BCUT2D eigenvalue weighted by Crippen LogP contribution is 2.28. The number of carbonyl (C=O) groups is 1. The fourth-order valence-corrected chi connectivity index (χ4v) is 4.02. The molecule has 140 valence electrons. The molecule has 26 heavy (non-hydrogen) atoms. The highest BCUT2D eigenvalue weighted by Gasteiger charge is 2.20. The first-order chi connectivity index (χ1) is 12.2. The van der Waals surface area contributed by atoms with Gasteiger partial charge in [0.25, 0.3) is 0 Å². The van der Waals surface area contributed by atoms with Gasteiger partial charge < -0.3 is 5.32 Å². The van der Waals surface area contributed by atoms with E-state index in [2.05, 4.69) is 27.9 Å². The Morgan fingerprint density at radius 1 is 1.19 bits per heavy atom. The number of nitrogens with one attached hydrogen (secondary N) is 1. The number of rotatable bonds is 7. The fourth-order valence-electron chi connectivity index (χ4n) is 2.47. The van der Waals surface area contributed by atoms with E-state index >= 15 is 0 Å². The topological polar surface area (TPSA) is 66.5 Å². The summed E-state index contributed by atoms with van der Waals surface area (Å²) in [6.45, 7) is 1.99. The Morgan fingerprint density at radius 3 is 2.46 bits per heavy atom.